The smallest absolute Gasteiger partial charge is 0.307 e. The van der Waals surface area contributed by atoms with Crippen LogP contribution >= 0.6 is 0 Å². The summed E-state index contributed by atoms with van der Waals surface area (Å²) in [6.45, 7) is 2.02. The molecule has 0 atom stereocenters. The van der Waals surface area contributed by atoms with Crippen LogP contribution in [0.4, 0.5) is 5.69 Å². The summed E-state index contributed by atoms with van der Waals surface area (Å²) in [4.78, 5) is 23.9. The fraction of sp³-hybridized carbons (Fsp3) is 0.263. The van der Waals surface area contributed by atoms with Crippen LogP contribution in [0.2, 0.25) is 0 Å². The Morgan fingerprint density at radius 2 is 1.83 bits per heavy atom. The number of nitrogens with two attached hydrogens (primary N) is 1. The van der Waals surface area contributed by atoms with Crippen LogP contribution in [0.5, 0.6) is 5.75 Å². The van der Waals surface area contributed by atoms with Gasteiger partial charge < -0.3 is 15.6 Å². The van der Waals surface area contributed by atoms with Crippen molar-refractivity contribution in [3.05, 3.63) is 58.7 Å². The molecule has 0 aromatic heterocycles. The number of rotatable bonds is 7. The van der Waals surface area contributed by atoms with Crippen LogP contribution < -0.4 is 10.5 Å². The van der Waals surface area contributed by atoms with Gasteiger partial charge in [0.1, 0.15) is 5.75 Å². The van der Waals surface area contributed by atoms with Crippen molar-refractivity contribution in [2.75, 3.05) is 12.8 Å². The molecule has 0 amide bonds. The van der Waals surface area contributed by atoms with Crippen LogP contribution in [-0.2, 0) is 17.6 Å². The number of benzene rings is 2. The van der Waals surface area contributed by atoms with E-state index >= 15 is 0 Å². The maximum absolute atomic E-state index is 12.9. The molecule has 24 heavy (non-hydrogen) atoms. The molecular formula is C19H21NO4. The number of aryl methyl sites for hydroxylation is 1. The largest absolute Gasteiger partial charge is 0.496 e. The van der Waals surface area contributed by atoms with Gasteiger partial charge in [-0.25, -0.2) is 0 Å². The second kappa shape index (κ2) is 7.64. The highest BCUT2D eigenvalue weighted by Crippen LogP contribution is 2.29. The molecule has 5 nitrogen and oxygen atoms in total. The number of carbonyl (C=O) groups excluding carboxylic acids is 1. The van der Waals surface area contributed by atoms with E-state index in [9.17, 15) is 9.59 Å². The Kier molecular flexibility index (Phi) is 5.58. The number of carbonyl (C=O) groups is 2. The van der Waals surface area contributed by atoms with Crippen LogP contribution in [0.15, 0.2) is 36.4 Å². The minimum absolute atomic E-state index is 0.136. The number of ether oxygens (including phenoxy) is 1. The zero-order valence-corrected chi connectivity index (χ0v) is 13.8. The number of nitrogen functional groups attached to an aromatic ring is 1. The number of hydrogen-bond donors (Lipinski definition) is 2. The Morgan fingerprint density at radius 1 is 1.17 bits per heavy atom. The number of ketones is 1. The minimum Gasteiger partial charge on any atom is -0.496 e. The van der Waals surface area contributed by atoms with Gasteiger partial charge in [-0.3, -0.25) is 9.59 Å². The minimum atomic E-state index is -0.937. The summed E-state index contributed by atoms with van der Waals surface area (Å²) in [7, 11) is 1.52. The van der Waals surface area contributed by atoms with Crippen molar-refractivity contribution in [1.82, 2.24) is 0 Å². The molecule has 0 aliphatic carbocycles. The van der Waals surface area contributed by atoms with Crippen LogP contribution in [0.25, 0.3) is 0 Å². The van der Waals surface area contributed by atoms with Crippen molar-refractivity contribution in [2.24, 2.45) is 0 Å². The molecule has 0 heterocycles. The molecule has 0 unspecified atom stereocenters. The van der Waals surface area contributed by atoms with Gasteiger partial charge in [-0.05, 0) is 47.9 Å². The highest BCUT2D eigenvalue weighted by Gasteiger charge is 2.19. The molecule has 2 rings (SSSR count). The van der Waals surface area contributed by atoms with Crippen molar-refractivity contribution >= 4 is 17.4 Å². The number of aliphatic carboxylic acids is 1. The van der Waals surface area contributed by atoms with Gasteiger partial charge in [0.15, 0.2) is 5.78 Å². The lowest BCUT2D eigenvalue weighted by Crippen LogP contribution is -2.09. The van der Waals surface area contributed by atoms with Gasteiger partial charge >= 0.3 is 5.97 Å². The molecule has 0 radical (unpaired) electrons. The first-order valence-corrected chi connectivity index (χ1v) is 7.78. The van der Waals surface area contributed by atoms with Gasteiger partial charge in [0.05, 0.1) is 19.1 Å². The van der Waals surface area contributed by atoms with Crippen molar-refractivity contribution < 1.29 is 19.4 Å². The fourth-order valence-corrected chi connectivity index (χ4v) is 2.69. The maximum atomic E-state index is 12.9. The predicted molar refractivity (Wildman–Crippen MR) is 92.6 cm³/mol. The van der Waals surface area contributed by atoms with Gasteiger partial charge in [0, 0.05) is 11.3 Å². The van der Waals surface area contributed by atoms with Crippen LogP contribution in [0, 0.1) is 0 Å². The SMILES string of the molecule is CCCc1cc(CC(=O)O)cc(C(=O)c2ccc(N)cc2)c1OC. The van der Waals surface area contributed by atoms with Crippen LogP contribution in [0.1, 0.15) is 40.4 Å². The Bertz CT molecular complexity index is 751. The second-order valence-electron chi connectivity index (χ2n) is 5.61. The molecule has 2 aromatic rings. The molecule has 0 fully saturated rings. The lowest BCUT2D eigenvalue weighted by molar-refractivity contribution is -0.136. The average Bonchev–Trinajstić information content (AvgIpc) is 2.54. The Hall–Kier alpha value is -2.82. The molecule has 5 heteroatoms. The van der Waals surface area contributed by atoms with Crippen LogP contribution in [0.3, 0.4) is 0 Å². The number of carboxylic acids is 1. The normalized spacial score (nSPS) is 10.4. The molecule has 0 saturated heterocycles. The monoisotopic (exact) mass is 327 g/mol. The van der Waals surface area contributed by atoms with Gasteiger partial charge in [-0.1, -0.05) is 19.4 Å². The predicted octanol–water partition coefficient (Wildman–Crippen LogP) is 3.09. The highest BCUT2D eigenvalue weighted by molar-refractivity contribution is 6.11. The topological polar surface area (TPSA) is 89.6 Å². The van der Waals surface area contributed by atoms with Crippen molar-refractivity contribution in [1.29, 1.82) is 0 Å². The van der Waals surface area contributed by atoms with E-state index in [0.29, 0.717) is 34.5 Å². The zero-order valence-electron chi connectivity index (χ0n) is 13.8. The summed E-state index contributed by atoms with van der Waals surface area (Å²) in [5.74, 6) is -0.641. The van der Waals surface area contributed by atoms with Crippen molar-refractivity contribution in [3.8, 4) is 5.75 Å². The van der Waals surface area contributed by atoms with E-state index in [1.54, 1.807) is 36.4 Å². The van der Waals surface area contributed by atoms with E-state index in [2.05, 4.69) is 0 Å². The Morgan fingerprint density at radius 3 is 2.38 bits per heavy atom. The number of anilines is 1. The third kappa shape index (κ3) is 3.93. The van der Waals surface area contributed by atoms with E-state index < -0.39 is 5.97 Å². The third-order valence-electron chi connectivity index (χ3n) is 3.72. The van der Waals surface area contributed by atoms with E-state index in [1.165, 1.54) is 7.11 Å². The molecule has 0 bridgehead atoms. The summed E-state index contributed by atoms with van der Waals surface area (Å²) in [6, 6.07) is 10.0. The first-order chi connectivity index (χ1) is 11.5. The fourth-order valence-electron chi connectivity index (χ4n) is 2.69. The van der Waals surface area contributed by atoms with Gasteiger partial charge in [0.2, 0.25) is 0 Å². The molecule has 0 aliphatic rings. The maximum Gasteiger partial charge on any atom is 0.307 e. The van der Waals surface area contributed by atoms with Gasteiger partial charge in [-0.2, -0.15) is 0 Å². The quantitative estimate of drug-likeness (QED) is 0.602. The third-order valence-corrected chi connectivity index (χ3v) is 3.72. The average molecular weight is 327 g/mol. The number of carboxylic acid groups (broad SMARTS) is 1. The Labute approximate surface area is 141 Å². The molecule has 2 aromatic carbocycles. The Balaban J connectivity index is 2.56. The van der Waals surface area contributed by atoms with Crippen molar-refractivity contribution in [3.63, 3.8) is 0 Å². The standard InChI is InChI=1S/C19H21NO4/c1-3-4-14-9-12(11-17(21)22)10-16(19(14)24-2)18(23)13-5-7-15(20)8-6-13/h5-10H,3-4,11,20H2,1-2H3,(H,21,22). The summed E-state index contributed by atoms with van der Waals surface area (Å²) in [6.07, 6.45) is 1.43. The first-order valence-electron chi connectivity index (χ1n) is 7.78. The van der Waals surface area contributed by atoms with E-state index in [0.717, 1.165) is 12.0 Å². The van der Waals surface area contributed by atoms with Gasteiger partial charge in [0.25, 0.3) is 0 Å². The van der Waals surface area contributed by atoms with E-state index in [4.69, 9.17) is 15.6 Å². The summed E-state index contributed by atoms with van der Waals surface area (Å²) >= 11 is 0. The number of methoxy groups -OCH3 is 1. The highest BCUT2D eigenvalue weighted by atomic mass is 16.5. The molecule has 0 aliphatic heterocycles. The molecule has 0 spiro atoms. The summed E-state index contributed by atoms with van der Waals surface area (Å²) in [5.41, 5.74) is 8.53. The molecule has 0 saturated carbocycles. The lowest BCUT2D eigenvalue weighted by Gasteiger charge is -2.15. The van der Waals surface area contributed by atoms with E-state index in [-0.39, 0.29) is 12.2 Å². The van der Waals surface area contributed by atoms with Gasteiger partial charge in [-0.15, -0.1) is 0 Å². The summed E-state index contributed by atoms with van der Waals surface area (Å²) in [5, 5.41) is 9.06. The first kappa shape index (κ1) is 17.5. The molecule has 126 valence electrons. The second-order valence-corrected chi connectivity index (χ2v) is 5.61. The summed E-state index contributed by atoms with van der Waals surface area (Å²) < 4.78 is 5.46. The number of hydrogen-bond acceptors (Lipinski definition) is 4. The zero-order chi connectivity index (χ0) is 17.7. The molecule has 3 N–H and O–H groups in total. The van der Waals surface area contributed by atoms with E-state index in [1.807, 2.05) is 6.92 Å². The van der Waals surface area contributed by atoms with Crippen LogP contribution in [-0.4, -0.2) is 24.0 Å². The molecular weight excluding hydrogens is 306 g/mol. The lowest BCUT2D eigenvalue weighted by atomic mass is 9.94. The van der Waals surface area contributed by atoms with Crippen molar-refractivity contribution in [2.45, 2.75) is 26.2 Å².